The molecule has 6 heteroatoms. The van der Waals surface area contributed by atoms with Gasteiger partial charge in [-0.25, -0.2) is 4.79 Å². The maximum Gasteiger partial charge on any atom is 0.326 e. The fourth-order valence-electron chi connectivity index (χ4n) is 5.58. The first-order valence-corrected chi connectivity index (χ1v) is 11.5. The summed E-state index contributed by atoms with van der Waals surface area (Å²) >= 11 is 0. The van der Waals surface area contributed by atoms with Gasteiger partial charge in [0.25, 0.3) is 0 Å². The third-order valence-electron chi connectivity index (χ3n) is 7.51. The minimum absolute atomic E-state index is 0.00234. The molecule has 2 saturated heterocycles. The Hall–Kier alpha value is -2.86. The van der Waals surface area contributed by atoms with Crippen LogP contribution in [0, 0.1) is 5.92 Å². The molecule has 1 aliphatic carbocycles. The van der Waals surface area contributed by atoms with Gasteiger partial charge in [0.05, 0.1) is 11.0 Å². The van der Waals surface area contributed by atoms with Crippen LogP contribution in [-0.4, -0.2) is 57.5 Å². The van der Waals surface area contributed by atoms with Crippen LogP contribution in [0.3, 0.4) is 0 Å². The zero-order valence-electron chi connectivity index (χ0n) is 17.6. The highest BCUT2D eigenvalue weighted by atomic mass is 16.2. The molecule has 3 aromatic rings. The molecule has 0 bridgehead atoms. The monoisotopic (exact) mass is 416 g/mol. The summed E-state index contributed by atoms with van der Waals surface area (Å²) in [4.78, 5) is 32.9. The molecule has 6 rings (SSSR count). The van der Waals surface area contributed by atoms with Gasteiger partial charge in [-0.3, -0.25) is 14.3 Å². The van der Waals surface area contributed by atoms with Crippen LogP contribution in [0.4, 0.5) is 0 Å². The van der Waals surface area contributed by atoms with Crippen LogP contribution in [0.25, 0.3) is 11.0 Å². The number of piperidine rings is 1. The normalized spacial score (nSPS) is 25.0. The average Bonchev–Trinajstić information content (AvgIpc) is 3.50. The summed E-state index contributed by atoms with van der Waals surface area (Å²) in [5.74, 6) is 0.936. The van der Waals surface area contributed by atoms with Gasteiger partial charge >= 0.3 is 5.69 Å². The van der Waals surface area contributed by atoms with Crippen molar-refractivity contribution < 1.29 is 4.79 Å². The fourth-order valence-corrected chi connectivity index (χ4v) is 5.58. The Morgan fingerprint density at radius 2 is 1.61 bits per heavy atom. The third-order valence-corrected chi connectivity index (χ3v) is 7.51. The number of carbonyl (C=O) groups is 1. The summed E-state index contributed by atoms with van der Waals surface area (Å²) in [5.41, 5.74) is 3.21. The molecule has 1 aromatic heterocycles. The number of hydrogen-bond donors (Lipinski definition) is 1. The van der Waals surface area contributed by atoms with Crippen molar-refractivity contribution in [1.82, 2.24) is 19.4 Å². The van der Waals surface area contributed by atoms with E-state index in [1.54, 1.807) is 0 Å². The Kier molecular flexibility index (Phi) is 4.49. The number of H-pyrrole nitrogens is 1. The van der Waals surface area contributed by atoms with Crippen molar-refractivity contribution in [2.24, 2.45) is 5.92 Å². The number of aromatic amines is 1. The van der Waals surface area contributed by atoms with Crippen LogP contribution < -0.4 is 5.69 Å². The molecule has 1 amide bonds. The maximum absolute atomic E-state index is 12.8. The molecule has 6 nitrogen and oxygen atoms in total. The van der Waals surface area contributed by atoms with Crippen molar-refractivity contribution in [1.29, 1.82) is 0 Å². The second kappa shape index (κ2) is 7.38. The van der Waals surface area contributed by atoms with E-state index in [1.165, 1.54) is 5.56 Å². The number of para-hydroxylation sites is 2. The number of hydrogen-bond acceptors (Lipinski definition) is 3. The van der Waals surface area contributed by atoms with Gasteiger partial charge in [0.2, 0.25) is 5.91 Å². The Morgan fingerprint density at radius 3 is 2.39 bits per heavy atom. The predicted octanol–water partition coefficient (Wildman–Crippen LogP) is 2.98. The number of nitrogens with one attached hydrogen (secondary N) is 1. The standard InChI is InChI=1S/C25H28N4O2/c30-24(21-14-20(21)17-6-2-1-3-7-17)28-15-19(16-28)27-12-10-18(11-13-27)29-23-9-5-4-8-22(23)26-25(29)31/h1-9,18-21H,10-16H2,(H,26,31)/t20-,21?/m0/s1. The van der Waals surface area contributed by atoms with Gasteiger partial charge in [-0.05, 0) is 42.9 Å². The van der Waals surface area contributed by atoms with E-state index in [-0.39, 0.29) is 17.6 Å². The Bertz CT molecular complexity index is 1150. The van der Waals surface area contributed by atoms with Gasteiger partial charge in [-0.15, -0.1) is 0 Å². The van der Waals surface area contributed by atoms with E-state index in [9.17, 15) is 9.59 Å². The van der Waals surface area contributed by atoms with Gasteiger partial charge in [-0.1, -0.05) is 42.5 Å². The third kappa shape index (κ3) is 3.30. The topological polar surface area (TPSA) is 61.3 Å². The zero-order valence-corrected chi connectivity index (χ0v) is 17.6. The maximum atomic E-state index is 12.8. The van der Waals surface area contributed by atoms with Crippen LogP contribution in [0.1, 0.15) is 36.8 Å². The molecule has 2 aromatic carbocycles. The molecule has 3 aliphatic rings. The summed E-state index contributed by atoms with van der Waals surface area (Å²) < 4.78 is 1.94. The predicted molar refractivity (Wildman–Crippen MR) is 120 cm³/mol. The summed E-state index contributed by atoms with van der Waals surface area (Å²) in [5, 5.41) is 0. The molecule has 2 aliphatic heterocycles. The molecule has 3 fully saturated rings. The Balaban J connectivity index is 1.03. The molecule has 31 heavy (non-hydrogen) atoms. The smallest absolute Gasteiger partial charge is 0.326 e. The highest BCUT2D eigenvalue weighted by Gasteiger charge is 2.48. The molecule has 1 N–H and O–H groups in total. The van der Waals surface area contributed by atoms with Crippen LogP contribution in [0.5, 0.6) is 0 Å². The molecule has 1 saturated carbocycles. The summed E-state index contributed by atoms with van der Waals surface area (Å²) in [6, 6.07) is 19.1. The highest BCUT2D eigenvalue weighted by Crippen LogP contribution is 2.49. The van der Waals surface area contributed by atoms with Crippen molar-refractivity contribution in [2.75, 3.05) is 26.2 Å². The van der Waals surface area contributed by atoms with Crippen LogP contribution >= 0.6 is 0 Å². The van der Waals surface area contributed by atoms with Gasteiger partial charge < -0.3 is 9.88 Å². The largest absolute Gasteiger partial charge is 0.339 e. The number of fused-ring (bicyclic) bond motifs is 1. The minimum Gasteiger partial charge on any atom is -0.339 e. The quantitative estimate of drug-likeness (QED) is 0.711. The van der Waals surface area contributed by atoms with E-state index in [2.05, 4.69) is 39.0 Å². The Morgan fingerprint density at radius 1 is 0.903 bits per heavy atom. The number of nitrogens with zero attached hydrogens (tertiary/aromatic N) is 3. The fraction of sp³-hybridized carbons (Fsp3) is 0.440. The Labute approximate surface area is 181 Å². The van der Waals surface area contributed by atoms with E-state index in [0.717, 1.165) is 56.5 Å². The molecule has 1 unspecified atom stereocenters. The number of carbonyl (C=O) groups excluding carboxylic acids is 1. The van der Waals surface area contributed by atoms with Gasteiger partial charge in [0.1, 0.15) is 0 Å². The molecule has 0 radical (unpaired) electrons. The molecule has 2 atom stereocenters. The summed E-state index contributed by atoms with van der Waals surface area (Å²) in [6.45, 7) is 3.68. The lowest BCUT2D eigenvalue weighted by molar-refractivity contribution is -0.140. The molecule has 0 spiro atoms. The second-order valence-corrected chi connectivity index (χ2v) is 9.34. The molecular weight excluding hydrogens is 388 g/mol. The van der Waals surface area contributed by atoms with Crippen molar-refractivity contribution in [3.63, 3.8) is 0 Å². The van der Waals surface area contributed by atoms with Gasteiger partial charge in [-0.2, -0.15) is 0 Å². The van der Waals surface area contributed by atoms with Gasteiger partial charge in [0, 0.05) is 44.2 Å². The number of aromatic nitrogens is 2. The number of amides is 1. The lowest BCUT2D eigenvalue weighted by atomic mass is 9.98. The van der Waals surface area contributed by atoms with E-state index in [0.29, 0.717) is 17.9 Å². The van der Waals surface area contributed by atoms with E-state index < -0.39 is 0 Å². The number of likely N-dealkylation sites (tertiary alicyclic amines) is 2. The van der Waals surface area contributed by atoms with Crippen LogP contribution in [-0.2, 0) is 4.79 Å². The number of benzene rings is 2. The number of imidazole rings is 1. The molecule has 160 valence electrons. The molecular formula is C25H28N4O2. The van der Waals surface area contributed by atoms with E-state index >= 15 is 0 Å². The first-order chi connectivity index (χ1) is 15.2. The van der Waals surface area contributed by atoms with E-state index in [4.69, 9.17) is 0 Å². The number of rotatable bonds is 4. The lowest BCUT2D eigenvalue weighted by Crippen LogP contribution is -2.62. The molecule has 3 heterocycles. The highest BCUT2D eigenvalue weighted by molar-refractivity contribution is 5.84. The van der Waals surface area contributed by atoms with Crippen molar-refractivity contribution >= 4 is 16.9 Å². The lowest BCUT2D eigenvalue weighted by Gasteiger charge is -2.47. The van der Waals surface area contributed by atoms with Gasteiger partial charge in [0.15, 0.2) is 0 Å². The van der Waals surface area contributed by atoms with Crippen molar-refractivity contribution in [2.45, 2.75) is 37.3 Å². The SMILES string of the molecule is O=C(C1C[C@H]1c1ccccc1)N1CC(N2CCC(n3c(=O)[nH]c4ccccc43)CC2)C1. The average molecular weight is 417 g/mol. The summed E-state index contributed by atoms with van der Waals surface area (Å²) in [7, 11) is 0. The van der Waals surface area contributed by atoms with Crippen LogP contribution in [0.2, 0.25) is 0 Å². The zero-order chi connectivity index (χ0) is 20.9. The second-order valence-electron chi connectivity index (χ2n) is 9.34. The first kappa shape index (κ1) is 18.9. The van der Waals surface area contributed by atoms with Crippen molar-refractivity contribution in [3.8, 4) is 0 Å². The minimum atomic E-state index is -0.00234. The van der Waals surface area contributed by atoms with Crippen LogP contribution in [0.15, 0.2) is 59.4 Å². The summed E-state index contributed by atoms with van der Waals surface area (Å²) in [6.07, 6.45) is 2.95. The van der Waals surface area contributed by atoms with E-state index in [1.807, 2.05) is 34.9 Å². The first-order valence-electron chi connectivity index (χ1n) is 11.5. The van der Waals surface area contributed by atoms with Crippen molar-refractivity contribution in [3.05, 3.63) is 70.6 Å².